The Morgan fingerprint density at radius 3 is 2.36 bits per heavy atom. The van der Waals surface area contributed by atoms with Gasteiger partial charge in [0.05, 0.1) is 22.7 Å². The minimum Gasteiger partial charge on any atom is -0.478 e. The van der Waals surface area contributed by atoms with Gasteiger partial charge in [-0.1, -0.05) is 55.5 Å². The number of aromatic nitrogens is 2. The highest BCUT2D eigenvalue weighted by Gasteiger charge is 2.35. The molecular formula is C33H38N4O7S. The van der Waals surface area contributed by atoms with Gasteiger partial charge in [-0.15, -0.1) is 0 Å². The first kappa shape index (κ1) is 33.2. The quantitative estimate of drug-likeness (QED) is 0.241. The van der Waals surface area contributed by atoms with Crippen LogP contribution in [0.5, 0.6) is 5.88 Å². The summed E-state index contributed by atoms with van der Waals surface area (Å²) in [5, 5.41) is 12.2. The Morgan fingerprint density at radius 1 is 1.04 bits per heavy atom. The first-order chi connectivity index (χ1) is 21.1. The Labute approximate surface area is 263 Å². The van der Waals surface area contributed by atoms with Crippen molar-refractivity contribution in [2.75, 3.05) is 11.3 Å². The van der Waals surface area contributed by atoms with Gasteiger partial charge in [-0.2, -0.15) is 4.98 Å². The average Bonchev–Trinajstić information content (AvgIpc) is 2.94. The van der Waals surface area contributed by atoms with Crippen LogP contribution < -0.4 is 14.8 Å². The van der Waals surface area contributed by atoms with Gasteiger partial charge in [0.2, 0.25) is 11.8 Å². The molecule has 1 unspecified atom stereocenters. The van der Waals surface area contributed by atoms with E-state index in [1.54, 1.807) is 26.8 Å². The van der Waals surface area contributed by atoms with Crippen LogP contribution in [-0.4, -0.2) is 53.8 Å². The number of amides is 1. The molecule has 0 aliphatic heterocycles. The van der Waals surface area contributed by atoms with Crippen LogP contribution in [0.1, 0.15) is 55.6 Å². The van der Waals surface area contributed by atoms with Crippen molar-refractivity contribution in [3.05, 3.63) is 89.5 Å². The van der Waals surface area contributed by atoms with Crippen LogP contribution in [0.2, 0.25) is 0 Å². The first-order valence-corrected chi connectivity index (χ1v) is 15.8. The van der Waals surface area contributed by atoms with E-state index in [4.69, 9.17) is 9.47 Å². The van der Waals surface area contributed by atoms with E-state index in [1.165, 1.54) is 18.2 Å². The third-order valence-corrected chi connectivity index (χ3v) is 8.49. The van der Waals surface area contributed by atoms with Crippen molar-refractivity contribution in [2.24, 2.45) is 5.41 Å². The molecule has 0 saturated carbocycles. The van der Waals surface area contributed by atoms with Gasteiger partial charge < -0.3 is 19.9 Å². The Balaban J connectivity index is 1.76. The smallest absolute Gasteiger partial charge is 0.407 e. The molecule has 2 atom stereocenters. The zero-order valence-electron chi connectivity index (χ0n) is 26.1. The summed E-state index contributed by atoms with van der Waals surface area (Å²) in [6.45, 7) is 11.2. The Bertz CT molecular complexity index is 1740. The predicted octanol–water partition coefficient (Wildman–Crippen LogP) is 6.05. The highest BCUT2D eigenvalue weighted by molar-refractivity contribution is 7.92. The van der Waals surface area contributed by atoms with Gasteiger partial charge in [0.15, 0.2) is 0 Å². The number of carbonyl (C=O) groups excluding carboxylic acids is 1. The molecule has 0 saturated heterocycles. The van der Waals surface area contributed by atoms with E-state index in [-0.39, 0.29) is 28.8 Å². The monoisotopic (exact) mass is 634 g/mol. The van der Waals surface area contributed by atoms with Crippen molar-refractivity contribution in [2.45, 2.75) is 64.6 Å². The van der Waals surface area contributed by atoms with Gasteiger partial charge in [0, 0.05) is 17.0 Å². The number of ether oxygens (including phenoxy) is 2. The van der Waals surface area contributed by atoms with E-state index in [0.717, 1.165) is 22.8 Å². The summed E-state index contributed by atoms with van der Waals surface area (Å²) in [4.78, 5) is 32.7. The van der Waals surface area contributed by atoms with E-state index < -0.39 is 39.2 Å². The van der Waals surface area contributed by atoms with Gasteiger partial charge >= 0.3 is 12.1 Å². The SMILES string of the molecule is Cc1cccc(C)c1-c1cc(O[C@H](CNC(=O)OC(C)(C)C)C2(C)C=CC=CC2)nc(NS(=O)(=O)c2cccc(C(=O)O)c2)n1. The summed E-state index contributed by atoms with van der Waals surface area (Å²) in [6, 6.07) is 12.4. The summed E-state index contributed by atoms with van der Waals surface area (Å²) >= 11 is 0. The van der Waals surface area contributed by atoms with Gasteiger partial charge in [0.1, 0.15) is 11.7 Å². The van der Waals surface area contributed by atoms with E-state index in [2.05, 4.69) is 20.0 Å². The van der Waals surface area contributed by atoms with Crippen molar-refractivity contribution < 1.29 is 32.6 Å². The molecule has 1 aromatic heterocycles. The fourth-order valence-corrected chi connectivity index (χ4v) is 5.87. The van der Waals surface area contributed by atoms with Crippen LogP contribution >= 0.6 is 0 Å². The molecule has 45 heavy (non-hydrogen) atoms. The molecule has 1 aliphatic carbocycles. The maximum atomic E-state index is 13.4. The zero-order valence-corrected chi connectivity index (χ0v) is 26.9. The summed E-state index contributed by atoms with van der Waals surface area (Å²) < 4.78 is 41.0. The highest BCUT2D eigenvalue weighted by atomic mass is 32.2. The number of hydrogen-bond acceptors (Lipinski definition) is 8. The topological polar surface area (TPSA) is 157 Å². The summed E-state index contributed by atoms with van der Waals surface area (Å²) in [5.74, 6) is -1.46. The van der Waals surface area contributed by atoms with Crippen LogP contribution in [0.15, 0.2) is 77.7 Å². The third-order valence-electron chi connectivity index (χ3n) is 7.17. The second kappa shape index (κ2) is 13.1. The standard InChI is InChI=1S/C33H38N4O7S/c1-21-12-10-13-22(2)28(21)25-19-27(36-30(35-25)37-45(41,42)24-15-11-14-23(18-24)29(38)39)43-26(33(6)16-8-7-9-17-33)20-34-31(40)44-32(3,4)5/h7-16,18-19,26H,17,20H2,1-6H3,(H,34,40)(H,38,39)(H,35,36,37)/t26-,33?/m1/s1. The van der Waals surface area contributed by atoms with E-state index in [0.29, 0.717) is 12.1 Å². The van der Waals surface area contributed by atoms with Gasteiger partial charge in [-0.05, 0) is 70.4 Å². The van der Waals surface area contributed by atoms with Gasteiger partial charge in [0.25, 0.3) is 10.0 Å². The lowest BCUT2D eigenvalue weighted by atomic mass is 9.78. The van der Waals surface area contributed by atoms with Crippen LogP contribution in [0.3, 0.4) is 0 Å². The number of rotatable bonds is 10. The van der Waals surface area contributed by atoms with E-state index >= 15 is 0 Å². The maximum Gasteiger partial charge on any atom is 0.407 e. The predicted molar refractivity (Wildman–Crippen MR) is 171 cm³/mol. The van der Waals surface area contributed by atoms with Crippen molar-refractivity contribution in [3.63, 3.8) is 0 Å². The van der Waals surface area contributed by atoms with Crippen LogP contribution in [0.25, 0.3) is 11.3 Å². The van der Waals surface area contributed by atoms with Gasteiger partial charge in [-0.3, -0.25) is 0 Å². The summed E-state index contributed by atoms with van der Waals surface area (Å²) in [7, 11) is -4.29. The lowest BCUT2D eigenvalue weighted by molar-refractivity contribution is 0.0435. The molecule has 1 heterocycles. The fourth-order valence-electron chi connectivity index (χ4n) is 4.88. The number of nitrogens with one attached hydrogen (secondary N) is 2. The average molecular weight is 635 g/mol. The number of anilines is 1. The van der Waals surface area contributed by atoms with Crippen LogP contribution in [0.4, 0.5) is 10.7 Å². The molecule has 238 valence electrons. The number of aromatic carboxylic acids is 1. The number of carboxylic acid groups (broad SMARTS) is 1. The Kier molecular flexibility index (Phi) is 9.67. The van der Waals surface area contributed by atoms with Crippen LogP contribution in [-0.2, 0) is 14.8 Å². The molecule has 0 spiro atoms. The molecule has 2 aromatic carbocycles. The Hall–Kier alpha value is -4.71. The van der Waals surface area contributed by atoms with Crippen molar-refractivity contribution in [1.82, 2.24) is 15.3 Å². The second-order valence-corrected chi connectivity index (χ2v) is 13.8. The van der Waals surface area contributed by atoms with E-state index in [1.807, 2.05) is 63.3 Å². The normalized spacial score (nSPS) is 16.9. The maximum absolute atomic E-state index is 13.4. The highest BCUT2D eigenvalue weighted by Crippen LogP contribution is 2.35. The first-order valence-electron chi connectivity index (χ1n) is 14.4. The Morgan fingerprint density at radius 2 is 1.73 bits per heavy atom. The number of allylic oxidation sites excluding steroid dienone is 3. The molecule has 3 N–H and O–H groups in total. The molecule has 4 rings (SSSR count). The largest absolute Gasteiger partial charge is 0.478 e. The molecule has 0 fully saturated rings. The fraction of sp³-hybridized carbons (Fsp3) is 0.333. The molecular weight excluding hydrogens is 596 g/mol. The minimum atomic E-state index is -4.29. The molecule has 0 radical (unpaired) electrons. The van der Waals surface area contributed by atoms with Crippen molar-refractivity contribution in [3.8, 4) is 17.1 Å². The lowest BCUT2D eigenvalue weighted by Crippen LogP contribution is -2.46. The molecule has 0 bridgehead atoms. The number of carboxylic acids is 1. The van der Waals surface area contributed by atoms with Crippen LogP contribution in [0, 0.1) is 19.3 Å². The van der Waals surface area contributed by atoms with Crippen molar-refractivity contribution in [1.29, 1.82) is 0 Å². The number of carbonyl (C=O) groups is 2. The van der Waals surface area contributed by atoms with Gasteiger partial charge in [-0.25, -0.2) is 27.7 Å². The zero-order chi connectivity index (χ0) is 33.0. The lowest BCUT2D eigenvalue weighted by Gasteiger charge is -2.35. The number of nitrogens with zero attached hydrogens (tertiary/aromatic N) is 2. The van der Waals surface area contributed by atoms with E-state index in [9.17, 15) is 23.1 Å². The second-order valence-electron chi connectivity index (χ2n) is 12.1. The number of benzene rings is 2. The number of aryl methyl sites for hydroxylation is 2. The number of hydrogen-bond donors (Lipinski definition) is 3. The third kappa shape index (κ3) is 8.48. The summed E-state index contributed by atoms with van der Waals surface area (Å²) in [5.41, 5.74) is 1.54. The molecule has 12 heteroatoms. The summed E-state index contributed by atoms with van der Waals surface area (Å²) in [6.07, 6.45) is 7.17. The number of sulfonamides is 1. The molecule has 1 aliphatic rings. The van der Waals surface area contributed by atoms with Crippen molar-refractivity contribution >= 4 is 28.0 Å². The molecule has 11 nitrogen and oxygen atoms in total. The minimum absolute atomic E-state index is 0.0648. The molecule has 1 amide bonds. The molecule has 3 aromatic rings. The number of alkyl carbamates (subject to hydrolysis) is 1.